The summed E-state index contributed by atoms with van der Waals surface area (Å²) in [7, 11) is 0. The maximum atomic E-state index is 9.07. The quantitative estimate of drug-likeness (QED) is 0.384. The molecule has 1 saturated carbocycles. The van der Waals surface area contributed by atoms with Crippen molar-refractivity contribution in [3.8, 4) is 0 Å². The average Bonchev–Trinajstić information content (AvgIpc) is 2.62. The number of nitrogen functional groups attached to an aromatic ring is 2. The second-order valence-electron chi connectivity index (χ2n) is 6.52. The number of nitrogens with one attached hydrogen (secondary N) is 1. The van der Waals surface area contributed by atoms with Crippen molar-refractivity contribution in [3.05, 3.63) is 24.3 Å². The van der Waals surface area contributed by atoms with Crippen molar-refractivity contribution in [2.45, 2.75) is 43.2 Å². The Hall–Kier alpha value is -2.50. The van der Waals surface area contributed by atoms with Crippen LogP contribution in [0.2, 0.25) is 0 Å². The predicted octanol–water partition coefficient (Wildman–Crippen LogP) is -1.32. The van der Waals surface area contributed by atoms with Crippen molar-refractivity contribution in [2.24, 2.45) is 5.73 Å². The Labute approximate surface area is 150 Å². The van der Waals surface area contributed by atoms with Gasteiger partial charge in [-0.05, 0) is 32.2 Å². The minimum atomic E-state index is -0.680. The first-order valence-electron chi connectivity index (χ1n) is 8.54. The summed E-state index contributed by atoms with van der Waals surface area (Å²) in [5, 5.41) is 12.5. The molecule has 0 amide bonds. The molecule has 0 bridgehead atoms. The highest BCUT2D eigenvalue weighted by Gasteiger charge is 2.42. The first-order chi connectivity index (χ1) is 12.5. The van der Waals surface area contributed by atoms with Crippen LogP contribution in [-0.2, 0) is 5.54 Å². The molecule has 8 N–H and O–H groups in total. The zero-order valence-corrected chi connectivity index (χ0v) is 14.4. The Morgan fingerprint density at radius 1 is 1.15 bits per heavy atom. The van der Waals surface area contributed by atoms with Crippen molar-refractivity contribution in [1.82, 2.24) is 35.2 Å². The van der Waals surface area contributed by atoms with E-state index in [1.807, 2.05) is 0 Å². The third-order valence-corrected chi connectivity index (χ3v) is 4.67. The Morgan fingerprint density at radius 3 is 2.50 bits per heavy atom. The van der Waals surface area contributed by atoms with Gasteiger partial charge in [-0.25, -0.2) is 15.0 Å². The molecule has 3 unspecified atom stereocenters. The summed E-state index contributed by atoms with van der Waals surface area (Å²) < 4.78 is 0. The van der Waals surface area contributed by atoms with Crippen LogP contribution in [0.3, 0.4) is 0 Å². The van der Waals surface area contributed by atoms with E-state index in [1.165, 1.54) is 12.7 Å². The largest absolute Gasteiger partial charge is 0.396 e. The third kappa shape index (κ3) is 4.00. The van der Waals surface area contributed by atoms with Gasteiger partial charge in [0.15, 0.2) is 5.82 Å². The Morgan fingerprint density at radius 2 is 1.85 bits per heavy atom. The van der Waals surface area contributed by atoms with Gasteiger partial charge >= 0.3 is 0 Å². The van der Waals surface area contributed by atoms with E-state index >= 15 is 0 Å². The molecule has 2 aromatic heterocycles. The van der Waals surface area contributed by atoms with Gasteiger partial charge in [0, 0.05) is 18.6 Å². The van der Waals surface area contributed by atoms with Crippen LogP contribution in [-0.4, -0.2) is 54.2 Å². The molecule has 1 aliphatic carbocycles. The zero-order valence-electron chi connectivity index (χ0n) is 14.4. The van der Waals surface area contributed by atoms with Gasteiger partial charge in [0.2, 0.25) is 11.9 Å². The topological polar surface area (TPSA) is 188 Å². The number of hydrogen-bond acceptors (Lipinski definition) is 11. The summed E-state index contributed by atoms with van der Waals surface area (Å²) in [6, 6.07) is -0.0433. The lowest BCUT2D eigenvalue weighted by molar-refractivity contribution is 0.199. The van der Waals surface area contributed by atoms with Gasteiger partial charge in [0.1, 0.15) is 18.5 Å². The van der Waals surface area contributed by atoms with E-state index in [-0.39, 0.29) is 30.5 Å². The summed E-state index contributed by atoms with van der Waals surface area (Å²) in [6.45, 7) is 0.748. The van der Waals surface area contributed by atoms with Crippen molar-refractivity contribution in [1.29, 1.82) is 0 Å². The monoisotopic (exact) mass is 360 g/mol. The van der Waals surface area contributed by atoms with Crippen LogP contribution in [0.1, 0.15) is 43.3 Å². The van der Waals surface area contributed by atoms with Crippen molar-refractivity contribution in [2.75, 3.05) is 24.6 Å². The first kappa shape index (κ1) is 18.3. The number of nitrogens with two attached hydrogens (primary N) is 3. The molecule has 11 nitrogen and oxygen atoms in total. The van der Waals surface area contributed by atoms with Gasteiger partial charge in [-0.3, -0.25) is 0 Å². The zero-order chi connectivity index (χ0) is 18.6. The average molecular weight is 360 g/mol. The molecular weight excluding hydrogens is 336 g/mol. The number of anilines is 2. The Bertz CT molecular complexity index is 709. The van der Waals surface area contributed by atoms with Gasteiger partial charge < -0.3 is 27.6 Å². The summed E-state index contributed by atoms with van der Waals surface area (Å²) in [4.78, 5) is 24.7. The Kier molecular flexibility index (Phi) is 5.49. The summed E-state index contributed by atoms with van der Waals surface area (Å²) >= 11 is 0. The molecule has 0 saturated heterocycles. The minimum Gasteiger partial charge on any atom is -0.396 e. The summed E-state index contributed by atoms with van der Waals surface area (Å²) in [5.74, 6) is 1.29. The lowest BCUT2D eigenvalue weighted by atomic mass is 9.73. The first-order valence-corrected chi connectivity index (χ1v) is 8.54. The van der Waals surface area contributed by atoms with Crippen LogP contribution in [0, 0.1) is 0 Å². The SMILES string of the molecule is Nc1nc(N)nc(C2CCC(N)(c3ncncn3)CC2NCCCO)n1. The van der Waals surface area contributed by atoms with Crippen LogP contribution in [0.25, 0.3) is 0 Å². The van der Waals surface area contributed by atoms with E-state index in [0.29, 0.717) is 43.9 Å². The molecule has 0 aromatic carbocycles. The lowest BCUT2D eigenvalue weighted by Crippen LogP contribution is -2.52. The van der Waals surface area contributed by atoms with Crippen LogP contribution < -0.4 is 22.5 Å². The van der Waals surface area contributed by atoms with Crippen molar-refractivity contribution < 1.29 is 5.11 Å². The Balaban J connectivity index is 1.86. The molecule has 0 aliphatic heterocycles. The van der Waals surface area contributed by atoms with E-state index in [9.17, 15) is 0 Å². The highest BCUT2D eigenvalue weighted by atomic mass is 16.3. The number of hydrogen-bond donors (Lipinski definition) is 5. The number of aliphatic hydroxyl groups excluding tert-OH is 1. The predicted molar refractivity (Wildman–Crippen MR) is 94.4 cm³/mol. The van der Waals surface area contributed by atoms with E-state index in [1.54, 1.807) is 0 Å². The smallest absolute Gasteiger partial charge is 0.225 e. The minimum absolute atomic E-state index is 0.0280. The second kappa shape index (κ2) is 7.81. The molecular formula is C15H24N10O. The molecule has 140 valence electrons. The fraction of sp³-hybridized carbons (Fsp3) is 0.600. The molecule has 26 heavy (non-hydrogen) atoms. The van der Waals surface area contributed by atoms with Crippen LogP contribution in [0.4, 0.5) is 11.9 Å². The molecule has 11 heteroatoms. The molecule has 1 aliphatic rings. The molecule has 1 fully saturated rings. The fourth-order valence-electron chi connectivity index (χ4n) is 3.43. The van der Waals surface area contributed by atoms with Gasteiger partial charge in [0.05, 0.1) is 5.54 Å². The molecule has 2 heterocycles. The van der Waals surface area contributed by atoms with Gasteiger partial charge in [-0.2, -0.15) is 15.0 Å². The third-order valence-electron chi connectivity index (χ3n) is 4.67. The van der Waals surface area contributed by atoms with Crippen LogP contribution in [0.5, 0.6) is 0 Å². The van der Waals surface area contributed by atoms with E-state index in [2.05, 4.69) is 35.2 Å². The van der Waals surface area contributed by atoms with Gasteiger partial charge in [0.25, 0.3) is 0 Å². The fourth-order valence-corrected chi connectivity index (χ4v) is 3.43. The number of aromatic nitrogens is 6. The highest BCUT2D eigenvalue weighted by molar-refractivity contribution is 5.28. The summed E-state index contributed by atoms with van der Waals surface area (Å²) in [5.41, 5.74) is 17.4. The van der Waals surface area contributed by atoms with E-state index < -0.39 is 5.54 Å². The van der Waals surface area contributed by atoms with Crippen LogP contribution >= 0.6 is 0 Å². The molecule has 3 atom stereocenters. The van der Waals surface area contributed by atoms with Gasteiger partial charge in [-0.1, -0.05) is 0 Å². The molecule has 0 spiro atoms. The molecule has 2 aromatic rings. The van der Waals surface area contributed by atoms with Gasteiger partial charge in [-0.15, -0.1) is 0 Å². The molecule has 0 radical (unpaired) electrons. The van der Waals surface area contributed by atoms with Crippen molar-refractivity contribution in [3.63, 3.8) is 0 Å². The normalized spacial score (nSPS) is 25.9. The lowest BCUT2D eigenvalue weighted by Gasteiger charge is -2.41. The molecule has 3 rings (SSSR count). The number of nitrogens with zero attached hydrogens (tertiary/aromatic N) is 6. The van der Waals surface area contributed by atoms with E-state index in [4.69, 9.17) is 22.3 Å². The van der Waals surface area contributed by atoms with Crippen LogP contribution in [0.15, 0.2) is 12.7 Å². The maximum absolute atomic E-state index is 9.07. The highest BCUT2D eigenvalue weighted by Crippen LogP contribution is 2.40. The number of rotatable bonds is 6. The summed E-state index contributed by atoms with van der Waals surface area (Å²) in [6.07, 6.45) is 5.48. The van der Waals surface area contributed by atoms with Crippen molar-refractivity contribution >= 4 is 11.9 Å². The van der Waals surface area contributed by atoms with E-state index in [0.717, 1.165) is 0 Å². The number of aliphatic hydroxyl groups is 1. The second-order valence-corrected chi connectivity index (χ2v) is 6.52. The maximum Gasteiger partial charge on any atom is 0.225 e. The standard InChI is InChI=1S/C15H24N10O/c16-13-23-11(24-14(17)25-13)9-2-3-15(18,12-21-7-19-8-22-12)6-10(9)20-4-1-5-26/h7-10,20,26H,1-6,18H2,(H4,16,17,23,24,25).